The second kappa shape index (κ2) is 10.1. The Morgan fingerprint density at radius 3 is 1.72 bits per heavy atom. The molecular formula is C29H36O2S. The summed E-state index contributed by atoms with van der Waals surface area (Å²) in [7, 11) is -1.40. The van der Waals surface area contributed by atoms with Gasteiger partial charge in [-0.25, -0.2) is 4.21 Å². The second-order valence-electron chi connectivity index (χ2n) is 9.61. The molecule has 0 amide bonds. The molecule has 1 unspecified atom stereocenters. The van der Waals surface area contributed by atoms with Crippen molar-refractivity contribution in [1.29, 1.82) is 0 Å². The summed E-state index contributed by atoms with van der Waals surface area (Å²) in [5.41, 5.74) is 6.21. The average Bonchev–Trinajstić information content (AvgIpc) is 2.77. The minimum Gasteiger partial charge on any atom is -0.384 e. The highest BCUT2D eigenvalue weighted by Gasteiger charge is 2.25. The van der Waals surface area contributed by atoms with Crippen LogP contribution in [0.4, 0.5) is 0 Å². The second-order valence-corrected chi connectivity index (χ2v) is 11.0. The molecule has 3 rings (SSSR count). The zero-order valence-electron chi connectivity index (χ0n) is 20.3. The lowest BCUT2D eigenvalue weighted by molar-refractivity contribution is 0.217. The molecule has 0 aliphatic heterocycles. The molecule has 170 valence electrons. The first kappa shape index (κ1) is 24.4. The van der Waals surface area contributed by atoms with E-state index in [0.717, 1.165) is 27.1 Å². The Hall–Kier alpha value is -2.23. The van der Waals surface area contributed by atoms with Crippen LogP contribution in [0.5, 0.6) is 0 Å². The fourth-order valence-corrected chi connectivity index (χ4v) is 5.85. The SMILES string of the molecule is Cc1ccc([C@@H](O)c2ccccc2S(=O)c2c(C(C)C)cc(C(C)C)cc2C(C)C)cc1. The van der Waals surface area contributed by atoms with Crippen LogP contribution in [0.1, 0.15) is 98.8 Å². The van der Waals surface area contributed by atoms with E-state index in [9.17, 15) is 9.32 Å². The van der Waals surface area contributed by atoms with E-state index >= 15 is 0 Å². The van der Waals surface area contributed by atoms with Gasteiger partial charge in [-0.15, -0.1) is 0 Å². The number of hydrogen-bond donors (Lipinski definition) is 1. The van der Waals surface area contributed by atoms with E-state index in [1.165, 1.54) is 5.56 Å². The lowest BCUT2D eigenvalue weighted by atomic mass is 9.89. The molecular weight excluding hydrogens is 412 g/mol. The quantitative estimate of drug-likeness (QED) is 0.404. The van der Waals surface area contributed by atoms with Gasteiger partial charge < -0.3 is 5.11 Å². The Morgan fingerprint density at radius 1 is 0.688 bits per heavy atom. The highest BCUT2D eigenvalue weighted by atomic mass is 32.2. The van der Waals surface area contributed by atoms with Crippen LogP contribution < -0.4 is 0 Å². The molecule has 3 aromatic carbocycles. The van der Waals surface area contributed by atoms with Gasteiger partial charge in [-0.05, 0) is 53.0 Å². The Labute approximate surface area is 196 Å². The third-order valence-corrected chi connectivity index (χ3v) is 7.68. The maximum Gasteiger partial charge on any atom is 0.105 e. The summed E-state index contributed by atoms with van der Waals surface area (Å²) in [6.45, 7) is 15.1. The molecule has 32 heavy (non-hydrogen) atoms. The van der Waals surface area contributed by atoms with Crippen molar-refractivity contribution in [1.82, 2.24) is 0 Å². The summed E-state index contributed by atoms with van der Waals surface area (Å²) in [6.07, 6.45) is -0.823. The summed E-state index contributed by atoms with van der Waals surface area (Å²) < 4.78 is 14.2. The van der Waals surface area contributed by atoms with Crippen LogP contribution in [0, 0.1) is 6.92 Å². The number of aliphatic hydroxyl groups excluding tert-OH is 1. The van der Waals surface area contributed by atoms with Crippen molar-refractivity contribution in [2.45, 2.75) is 82.1 Å². The van der Waals surface area contributed by atoms with Crippen molar-refractivity contribution in [3.05, 3.63) is 94.0 Å². The van der Waals surface area contributed by atoms with E-state index in [1.807, 2.05) is 55.5 Å². The van der Waals surface area contributed by atoms with Gasteiger partial charge in [0.15, 0.2) is 0 Å². The first-order valence-electron chi connectivity index (χ1n) is 11.5. The van der Waals surface area contributed by atoms with Crippen molar-refractivity contribution in [2.75, 3.05) is 0 Å². The van der Waals surface area contributed by atoms with Gasteiger partial charge in [0.25, 0.3) is 0 Å². The molecule has 2 nitrogen and oxygen atoms in total. The molecule has 0 saturated heterocycles. The zero-order valence-corrected chi connectivity index (χ0v) is 21.2. The Bertz CT molecular complexity index is 1070. The molecule has 3 heteroatoms. The van der Waals surface area contributed by atoms with Crippen LogP contribution in [-0.2, 0) is 10.8 Å². The summed E-state index contributed by atoms with van der Waals surface area (Å²) in [6, 6.07) is 19.9. The first-order chi connectivity index (χ1) is 15.1. The predicted molar refractivity (Wildman–Crippen MR) is 135 cm³/mol. The molecule has 0 bridgehead atoms. The van der Waals surface area contributed by atoms with E-state index in [1.54, 1.807) is 0 Å². The van der Waals surface area contributed by atoms with E-state index < -0.39 is 16.9 Å². The molecule has 2 atom stereocenters. The predicted octanol–water partition coefficient (Wildman–Crippen LogP) is 7.61. The Morgan fingerprint density at radius 2 is 1.22 bits per heavy atom. The van der Waals surface area contributed by atoms with E-state index in [0.29, 0.717) is 16.4 Å². The standard InChI is InChI=1S/C29H36O2S/c1-18(2)23-16-25(19(3)4)29(26(17-23)20(5)6)32(31)27-11-9-8-10-24(27)28(30)22-14-12-21(7)13-15-22/h8-20,28,30H,1-7H3/t28-,32?/m1/s1. The van der Waals surface area contributed by atoms with Gasteiger partial charge in [-0.3, -0.25) is 0 Å². The van der Waals surface area contributed by atoms with Crippen LogP contribution >= 0.6 is 0 Å². The van der Waals surface area contributed by atoms with Crippen LogP contribution in [0.2, 0.25) is 0 Å². The largest absolute Gasteiger partial charge is 0.384 e. The maximum atomic E-state index is 14.2. The third-order valence-electron chi connectivity index (χ3n) is 6.07. The smallest absolute Gasteiger partial charge is 0.105 e. The van der Waals surface area contributed by atoms with Crippen molar-refractivity contribution < 1.29 is 9.32 Å². The fraction of sp³-hybridized carbons (Fsp3) is 0.379. The first-order valence-corrected chi connectivity index (χ1v) is 12.7. The third kappa shape index (κ3) is 5.05. The number of hydrogen-bond acceptors (Lipinski definition) is 2. The summed E-state index contributed by atoms with van der Waals surface area (Å²) in [4.78, 5) is 1.59. The van der Waals surface area contributed by atoms with Crippen molar-refractivity contribution >= 4 is 10.8 Å². The number of aliphatic hydroxyl groups is 1. The summed E-state index contributed by atoms with van der Waals surface area (Å²) in [5, 5.41) is 11.2. The molecule has 0 heterocycles. The summed E-state index contributed by atoms with van der Waals surface area (Å²) >= 11 is 0. The average molecular weight is 449 g/mol. The van der Waals surface area contributed by atoms with Gasteiger partial charge in [-0.2, -0.15) is 0 Å². The highest BCUT2D eigenvalue weighted by Crippen LogP contribution is 2.38. The maximum absolute atomic E-state index is 14.2. The molecule has 1 N–H and O–H groups in total. The zero-order chi connectivity index (χ0) is 23.6. The molecule has 0 spiro atoms. The molecule has 0 saturated carbocycles. The Balaban J connectivity index is 2.19. The van der Waals surface area contributed by atoms with Crippen molar-refractivity contribution in [3.8, 4) is 0 Å². The van der Waals surface area contributed by atoms with E-state index in [4.69, 9.17) is 0 Å². The van der Waals surface area contributed by atoms with Crippen LogP contribution in [0.3, 0.4) is 0 Å². The number of rotatable bonds is 7. The fourth-order valence-electron chi connectivity index (χ4n) is 4.02. The lowest BCUT2D eigenvalue weighted by Gasteiger charge is -2.24. The van der Waals surface area contributed by atoms with Crippen LogP contribution in [-0.4, -0.2) is 9.32 Å². The minimum atomic E-state index is -1.40. The topological polar surface area (TPSA) is 37.3 Å². The summed E-state index contributed by atoms with van der Waals surface area (Å²) in [5.74, 6) is 0.904. The van der Waals surface area contributed by atoms with Crippen molar-refractivity contribution in [2.24, 2.45) is 0 Å². The van der Waals surface area contributed by atoms with Gasteiger partial charge in [0.2, 0.25) is 0 Å². The monoisotopic (exact) mass is 448 g/mol. The normalized spacial score (nSPS) is 13.7. The molecule has 3 aromatic rings. The molecule has 0 radical (unpaired) electrons. The van der Waals surface area contributed by atoms with E-state index in [2.05, 4.69) is 53.7 Å². The Kier molecular flexibility index (Phi) is 7.74. The van der Waals surface area contributed by atoms with Gasteiger partial charge in [0.1, 0.15) is 6.10 Å². The lowest BCUT2D eigenvalue weighted by Crippen LogP contribution is -2.11. The van der Waals surface area contributed by atoms with Gasteiger partial charge >= 0.3 is 0 Å². The minimum absolute atomic E-state index is 0.249. The van der Waals surface area contributed by atoms with Crippen LogP contribution in [0.15, 0.2) is 70.5 Å². The number of aryl methyl sites for hydroxylation is 1. The van der Waals surface area contributed by atoms with Gasteiger partial charge in [-0.1, -0.05) is 102 Å². The van der Waals surface area contributed by atoms with Gasteiger partial charge in [0.05, 0.1) is 15.7 Å². The molecule has 0 fully saturated rings. The highest BCUT2D eigenvalue weighted by molar-refractivity contribution is 7.85. The van der Waals surface area contributed by atoms with E-state index in [-0.39, 0.29) is 11.8 Å². The van der Waals surface area contributed by atoms with Gasteiger partial charge in [0, 0.05) is 10.5 Å². The number of benzene rings is 3. The molecule has 0 aromatic heterocycles. The molecule has 0 aliphatic carbocycles. The van der Waals surface area contributed by atoms with Crippen LogP contribution in [0.25, 0.3) is 0 Å². The molecule has 0 aliphatic rings. The van der Waals surface area contributed by atoms with Crippen molar-refractivity contribution in [3.63, 3.8) is 0 Å².